The van der Waals surface area contributed by atoms with Gasteiger partial charge in [0.15, 0.2) is 0 Å². The van der Waals surface area contributed by atoms with E-state index in [0.717, 1.165) is 4.31 Å². The average molecular weight is 409 g/mol. The van der Waals surface area contributed by atoms with Crippen molar-refractivity contribution in [1.29, 1.82) is 0 Å². The van der Waals surface area contributed by atoms with Crippen molar-refractivity contribution >= 4 is 48.9 Å². The van der Waals surface area contributed by atoms with Gasteiger partial charge < -0.3 is 0 Å². The molecule has 0 saturated carbocycles. The summed E-state index contributed by atoms with van der Waals surface area (Å²) >= 11 is 11.6. The van der Waals surface area contributed by atoms with Crippen molar-refractivity contribution < 1.29 is 16.8 Å². The van der Waals surface area contributed by atoms with Crippen molar-refractivity contribution in [1.82, 2.24) is 4.31 Å². The van der Waals surface area contributed by atoms with Crippen LogP contribution in [-0.2, 0) is 20.0 Å². The molecule has 0 unspecified atom stereocenters. The Balaban J connectivity index is 2.29. The monoisotopic (exact) mass is 408 g/mol. The van der Waals surface area contributed by atoms with Crippen LogP contribution in [0.4, 0.5) is 5.69 Å². The number of benzene rings is 2. The van der Waals surface area contributed by atoms with Crippen molar-refractivity contribution in [3.8, 4) is 0 Å². The predicted molar refractivity (Wildman–Crippen MR) is 94.6 cm³/mol. The third-order valence-corrected chi connectivity index (χ3v) is 7.03. The minimum absolute atomic E-state index is 0.0538. The largest absolute Gasteiger partial charge is 0.280 e. The van der Waals surface area contributed by atoms with Gasteiger partial charge in [0.2, 0.25) is 10.0 Å². The molecule has 24 heavy (non-hydrogen) atoms. The summed E-state index contributed by atoms with van der Waals surface area (Å²) in [5.41, 5.74) is 0.221. The molecule has 2 rings (SSSR count). The van der Waals surface area contributed by atoms with E-state index in [0.29, 0.717) is 0 Å². The Labute approximate surface area is 151 Å². The van der Waals surface area contributed by atoms with Crippen LogP contribution in [0.5, 0.6) is 0 Å². The summed E-state index contributed by atoms with van der Waals surface area (Å²) in [6.07, 6.45) is 0. The van der Waals surface area contributed by atoms with Crippen molar-refractivity contribution in [3.63, 3.8) is 0 Å². The van der Waals surface area contributed by atoms with E-state index >= 15 is 0 Å². The molecule has 2 aromatic rings. The topological polar surface area (TPSA) is 83.6 Å². The summed E-state index contributed by atoms with van der Waals surface area (Å²) < 4.78 is 52.0. The molecule has 0 amide bonds. The molecule has 0 saturated heterocycles. The van der Waals surface area contributed by atoms with Gasteiger partial charge in [-0.3, -0.25) is 4.72 Å². The second-order valence-corrected chi connectivity index (χ2v) is 9.64. The molecule has 2 aromatic carbocycles. The molecule has 0 aromatic heterocycles. The maximum Gasteiger partial charge on any atom is 0.261 e. The smallest absolute Gasteiger partial charge is 0.261 e. The molecule has 0 aliphatic heterocycles. The van der Waals surface area contributed by atoms with Gasteiger partial charge in [-0.15, -0.1) is 0 Å². The van der Waals surface area contributed by atoms with Gasteiger partial charge in [-0.05, 0) is 42.5 Å². The van der Waals surface area contributed by atoms with Crippen LogP contribution in [0.25, 0.3) is 0 Å². The normalized spacial score (nSPS) is 12.4. The van der Waals surface area contributed by atoms with Gasteiger partial charge >= 0.3 is 0 Å². The molecule has 0 atom stereocenters. The number of hydrogen-bond acceptors (Lipinski definition) is 4. The van der Waals surface area contributed by atoms with E-state index in [9.17, 15) is 16.8 Å². The van der Waals surface area contributed by atoms with Crippen LogP contribution < -0.4 is 4.72 Å². The van der Waals surface area contributed by atoms with E-state index in [1.165, 1.54) is 56.6 Å². The first-order chi connectivity index (χ1) is 11.0. The number of nitrogens with one attached hydrogen (secondary N) is 1. The summed E-state index contributed by atoms with van der Waals surface area (Å²) in [7, 11) is -4.62. The summed E-state index contributed by atoms with van der Waals surface area (Å²) in [6, 6.07) is 9.31. The number of rotatable bonds is 5. The number of anilines is 1. The fourth-order valence-corrected chi connectivity index (χ4v) is 4.11. The molecule has 0 radical (unpaired) electrons. The Kier molecular flexibility index (Phi) is 5.46. The Bertz CT molecular complexity index is 957. The fraction of sp³-hybridized carbons (Fsp3) is 0.143. The summed E-state index contributed by atoms with van der Waals surface area (Å²) in [5, 5.41) is 0.362. The molecule has 0 spiro atoms. The Morgan fingerprint density at radius 2 is 1.38 bits per heavy atom. The maximum absolute atomic E-state index is 12.3. The van der Waals surface area contributed by atoms with E-state index in [4.69, 9.17) is 23.2 Å². The van der Waals surface area contributed by atoms with Gasteiger partial charge in [0.1, 0.15) is 0 Å². The maximum atomic E-state index is 12.3. The predicted octanol–water partition coefficient (Wildman–Crippen LogP) is 3.04. The quantitative estimate of drug-likeness (QED) is 0.823. The molecule has 130 valence electrons. The fourth-order valence-electron chi connectivity index (χ4n) is 1.76. The van der Waals surface area contributed by atoms with Crippen molar-refractivity contribution in [2.45, 2.75) is 9.79 Å². The molecule has 1 N–H and O–H groups in total. The highest BCUT2D eigenvalue weighted by molar-refractivity contribution is 7.92. The first-order valence-corrected chi connectivity index (χ1v) is 10.2. The van der Waals surface area contributed by atoms with Gasteiger partial charge in [-0.1, -0.05) is 23.2 Å². The van der Waals surface area contributed by atoms with Crippen LogP contribution >= 0.6 is 23.2 Å². The molecule has 0 aliphatic carbocycles. The lowest BCUT2D eigenvalue weighted by Crippen LogP contribution is -2.22. The van der Waals surface area contributed by atoms with Crippen LogP contribution in [-0.4, -0.2) is 35.2 Å². The van der Waals surface area contributed by atoms with E-state index in [2.05, 4.69) is 4.72 Å². The zero-order valence-electron chi connectivity index (χ0n) is 12.7. The number of hydrogen-bond donors (Lipinski definition) is 1. The standard InChI is InChI=1S/C14H14Cl2N2O4S2/c1-18(2)24(21,22)11-5-3-10(4-6-11)17-23(19,20)12-7-8-13(15)14(16)9-12/h3-9,17H,1-2H3. The van der Waals surface area contributed by atoms with Crippen LogP contribution in [0.1, 0.15) is 0 Å². The van der Waals surface area contributed by atoms with Crippen molar-refractivity contribution in [2.24, 2.45) is 0 Å². The van der Waals surface area contributed by atoms with Crippen molar-refractivity contribution in [2.75, 3.05) is 18.8 Å². The lowest BCUT2D eigenvalue weighted by Gasteiger charge is -2.12. The molecular weight excluding hydrogens is 395 g/mol. The second-order valence-electron chi connectivity index (χ2n) is 4.99. The molecular formula is C14H14Cl2N2O4S2. The molecule has 6 nitrogen and oxygen atoms in total. The van der Waals surface area contributed by atoms with Gasteiger partial charge in [0, 0.05) is 19.8 Å². The third kappa shape index (κ3) is 4.01. The third-order valence-electron chi connectivity index (χ3n) is 3.09. The van der Waals surface area contributed by atoms with Crippen molar-refractivity contribution in [3.05, 3.63) is 52.5 Å². The Hall–Kier alpha value is -1.32. The molecule has 0 fully saturated rings. The average Bonchev–Trinajstić information content (AvgIpc) is 2.50. The Morgan fingerprint density at radius 3 is 1.88 bits per heavy atom. The lowest BCUT2D eigenvalue weighted by molar-refractivity contribution is 0.521. The highest BCUT2D eigenvalue weighted by Gasteiger charge is 2.19. The van der Waals surface area contributed by atoms with Gasteiger partial charge in [-0.25, -0.2) is 21.1 Å². The van der Waals surface area contributed by atoms with E-state index < -0.39 is 20.0 Å². The number of sulfonamides is 2. The number of halogens is 2. The van der Waals surface area contributed by atoms with Crippen LogP contribution in [0.3, 0.4) is 0 Å². The van der Waals surface area contributed by atoms with E-state index in [1.54, 1.807) is 0 Å². The highest BCUT2D eigenvalue weighted by atomic mass is 35.5. The summed E-state index contributed by atoms with van der Waals surface area (Å²) in [6.45, 7) is 0. The van der Waals surface area contributed by atoms with Crippen LogP contribution in [0.15, 0.2) is 52.3 Å². The minimum Gasteiger partial charge on any atom is -0.280 e. The molecule has 0 bridgehead atoms. The minimum atomic E-state index is -3.87. The van der Waals surface area contributed by atoms with E-state index in [1.807, 2.05) is 0 Å². The summed E-state index contributed by atoms with van der Waals surface area (Å²) in [4.78, 5) is 0.00637. The number of nitrogens with zero attached hydrogens (tertiary/aromatic N) is 1. The SMILES string of the molecule is CN(C)S(=O)(=O)c1ccc(NS(=O)(=O)c2ccc(Cl)c(Cl)c2)cc1. The van der Waals surface area contributed by atoms with Gasteiger partial charge in [0.05, 0.1) is 19.8 Å². The lowest BCUT2D eigenvalue weighted by atomic mass is 10.3. The first kappa shape index (κ1) is 19.0. The van der Waals surface area contributed by atoms with Gasteiger partial charge in [0.25, 0.3) is 10.0 Å². The Morgan fingerprint density at radius 1 is 0.833 bits per heavy atom. The zero-order valence-corrected chi connectivity index (χ0v) is 15.8. The molecule has 0 aliphatic rings. The highest BCUT2D eigenvalue weighted by Crippen LogP contribution is 2.26. The second kappa shape index (κ2) is 6.89. The zero-order chi connectivity index (χ0) is 18.1. The molecule has 0 heterocycles. The van der Waals surface area contributed by atoms with E-state index in [-0.39, 0.29) is 25.5 Å². The van der Waals surface area contributed by atoms with Crippen LogP contribution in [0.2, 0.25) is 10.0 Å². The summed E-state index contributed by atoms with van der Waals surface area (Å²) in [5.74, 6) is 0. The van der Waals surface area contributed by atoms with Gasteiger partial charge in [-0.2, -0.15) is 0 Å². The first-order valence-electron chi connectivity index (χ1n) is 6.54. The van der Waals surface area contributed by atoms with Crippen LogP contribution in [0, 0.1) is 0 Å². The molecule has 10 heteroatoms.